The van der Waals surface area contributed by atoms with Crippen LogP contribution in [0, 0.1) is 0 Å². The number of nitrogen functional groups attached to an aromatic ring is 1. The number of hydrogen-bond donors (Lipinski definition) is 1. The van der Waals surface area contributed by atoms with Crippen molar-refractivity contribution in [3.63, 3.8) is 0 Å². The van der Waals surface area contributed by atoms with Crippen molar-refractivity contribution < 1.29 is 4.79 Å². The van der Waals surface area contributed by atoms with Gasteiger partial charge in [-0.1, -0.05) is 39.1 Å². The Morgan fingerprint density at radius 2 is 2.07 bits per heavy atom. The van der Waals surface area contributed by atoms with Crippen molar-refractivity contribution in [3.8, 4) is 0 Å². The van der Waals surface area contributed by atoms with Gasteiger partial charge in [-0.05, 0) is 22.0 Å². The van der Waals surface area contributed by atoms with Gasteiger partial charge in [-0.2, -0.15) is 0 Å². The second kappa shape index (κ2) is 4.84. The summed E-state index contributed by atoms with van der Waals surface area (Å²) < 4.78 is 0.582. The number of Topliss-reactive ketones (excluding diaryl/α,β-unsaturated/α-hetero) is 1. The lowest BCUT2D eigenvalue weighted by Gasteiger charge is -2.08. The SMILES string of the molecule is Nc1c(Br)cc(Cl)c(C(=O)CBr)c1Cl. The molecule has 0 heterocycles. The number of carbonyl (C=O) groups is 1. The first kappa shape index (κ1) is 12.3. The smallest absolute Gasteiger partial charge is 0.176 e. The van der Waals surface area contributed by atoms with Gasteiger partial charge in [-0.15, -0.1) is 0 Å². The van der Waals surface area contributed by atoms with Crippen LogP contribution in [0.1, 0.15) is 10.4 Å². The van der Waals surface area contributed by atoms with Crippen LogP contribution in [0.2, 0.25) is 10.0 Å². The number of hydrogen-bond acceptors (Lipinski definition) is 2. The van der Waals surface area contributed by atoms with E-state index in [0.29, 0.717) is 15.2 Å². The second-order valence-electron chi connectivity index (χ2n) is 2.50. The normalized spacial score (nSPS) is 10.3. The van der Waals surface area contributed by atoms with E-state index in [2.05, 4.69) is 31.9 Å². The van der Waals surface area contributed by atoms with Gasteiger partial charge in [0.1, 0.15) is 0 Å². The predicted molar refractivity (Wildman–Crippen MR) is 66.7 cm³/mol. The Morgan fingerprint density at radius 1 is 1.50 bits per heavy atom. The zero-order chi connectivity index (χ0) is 10.9. The third kappa shape index (κ3) is 2.24. The minimum absolute atomic E-state index is 0.160. The third-order valence-electron chi connectivity index (χ3n) is 1.61. The van der Waals surface area contributed by atoms with Crippen molar-refractivity contribution >= 4 is 66.5 Å². The highest BCUT2D eigenvalue weighted by atomic mass is 79.9. The van der Waals surface area contributed by atoms with Gasteiger partial charge in [0.05, 0.1) is 26.6 Å². The number of alkyl halides is 1. The highest BCUT2D eigenvalue weighted by molar-refractivity contribution is 9.10. The molecule has 0 radical (unpaired) electrons. The fourth-order valence-corrected chi connectivity index (χ4v) is 2.55. The fourth-order valence-electron chi connectivity index (χ4n) is 0.928. The number of benzene rings is 1. The maximum atomic E-state index is 11.4. The van der Waals surface area contributed by atoms with Gasteiger partial charge >= 0.3 is 0 Å². The van der Waals surface area contributed by atoms with Crippen LogP contribution in [0.15, 0.2) is 10.5 Å². The third-order valence-corrected chi connectivity index (χ3v) is 3.46. The number of carbonyl (C=O) groups excluding carboxylic acids is 1. The van der Waals surface area contributed by atoms with Crippen LogP contribution >= 0.6 is 55.1 Å². The van der Waals surface area contributed by atoms with E-state index in [1.165, 1.54) is 0 Å². The molecule has 14 heavy (non-hydrogen) atoms. The molecule has 76 valence electrons. The molecule has 0 aliphatic rings. The average Bonchev–Trinajstić information content (AvgIpc) is 2.14. The van der Waals surface area contributed by atoms with E-state index < -0.39 is 0 Å². The summed E-state index contributed by atoms with van der Waals surface area (Å²) in [5.41, 5.74) is 6.21. The van der Waals surface area contributed by atoms with E-state index in [0.717, 1.165) is 0 Å². The zero-order valence-electron chi connectivity index (χ0n) is 6.78. The Kier molecular flexibility index (Phi) is 4.25. The Labute approximate surface area is 108 Å². The van der Waals surface area contributed by atoms with Crippen molar-refractivity contribution in [2.75, 3.05) is 11.1 Å². The van der Waals surface area contributed by atoms with Crippen LogP contribution in [-0.2, 0) is 0 Å². The first-order chi connectivity index (χ1) is 6.49. The molecule has 0 aliphatic heterocycles. The molecule has 1 rings (SSSR count). The van der Waals surface area contributed by atoms with E-state index >= 15 is 0 Å². The lowest BCUT2D eigenvalue weighted by atomic mass is 10.1. The van der Waals surface area contributed by atoms with Crippen LogP contribution in [0.3, 0.4) is 0 Å². The van der Waals surface area contributed by atoms with Gasteiger partial charge in [-0.3, -0.25) is 4.79 Å². The second-order valence-corrected chi connectivity index (χ2v) is 4.70. The van der Waals surface area contributed by atoms with E-state index in [1.807, 2.05) is 0 Å². The molecule has 0 amide bonds. The predicted octanol–water partition coefficient (Wildman–Crippen LogP) is 3.92. The molecular weight excluding hydrogens is 357 g/mol. The zero-order valence-corrected chi connectivity index (χ0v) is 11.5. The summed E-state index contributed by atoms with van der Waals surface area (Å²) in [5.74, 6) is -0.195. The molecule has 2 N–H and O–H groups in total. The summed E-state index contributed by atoms with van der Waals surface area (Å²) in [7, 11) is 0. The topological polar surface area (TPSA) is 43.1 Å². The molecule has 0 aliphatic carbocycles. The maximum absolute atomic E-state index is 11.4. The molecule has 0 unspecified atom stereocenters. The van der Waals surface area contributed by atoms with Gasteiger partial charge < -0.3 is 5.73 Å². The van der Waals surface area contributed by atoms with E-state index in [-0.39, 0.29) is 21.7 Å². The van der Waals surface area contributed by atoms with E-state index in [9.17, 15) is 4.79 Å². The van der Waals surface area contributed by atoms with Crippen LogP contribution in [0.5, 0.6) is 0 Å². The van der Waals surface area contributed by atoms with Crippen LogP contribution in [0.4, 0.5) is 5.69 Å². The minimum Gasteiger partial charge on any atom is -0.397 e. The maximum Gasteiger partial charge on any atom is 0.176 e. The first-order valence-electron chi connectivity index (χ1n) is 3.51. The molecule has 0 saturated carbocycles. The van der Waals surface area contributed by atoms with Gasteiger partial charge in [0.25, 0.3) is 0 Å². The Morgan fingerprint density at radius 3 is 2.57 bits per heavy atom. The largest absolute Gasteiger partial charge is 0.397 e. The lowest BCUT2D eigenvalue weighted by molar-refractivity contribution is 0.102. The van der Waals surface area contributed by atoms with Crippen LogP contribution in [0.25, 0.3) is 0 Å². The van der Waals surface area contributed by atoms with Crippen molar-refractivity contribution in [1.29, 1.82) is 0 Å². The molecule has 0 aromatic heterocycles. The molecule has 0 spiro atoms. The highest BCUT2D eigenvalue weighted by Gasteiger charge is 2.17. The fraction of sp³-hybridized carbons (Fsp3) is 0.125. The summed E-state index contributed by atoms with van der Waals surface area (Å²) >= 11 is 18.0. The number of rotatable bonds is 2. The molecular formula is C8H5Br2Cl2NO. The van der Waals surface area contributed by atoms with Gasteiger partial charge in [0.15, 0.2) is 5.78 Å². The van der Waals surface area contributed by atoms with Gasteiger partial charge in [0, 0.05) is 4.47 Å². The molecule has 6 heteroatoms. The molecule has 1 aromatic rings. The van der Waals surface area contributed by atoms with Crippen molar-refractivity contribution in [2.45, 2.75) is 0 Å². The van der Waals surface area contributed by atoms with Crippen LogP contribution < -0.4 is 5.73 Å². The molecule has 0 bridgehead atoms. The van der Waals surface area contributed by atoms with Gasteiger partial charge in [-0.25, -0.2) is 0 Å². The highest BCUT2D eigenvalue weighted by Crippen LogP contribution is 2.36. The summed E-state index contributed by atoms with van der Waals surface area (Å²) in [5, 5.41) is 0.641. The van der Waals surface area contributed by atoms with E-state index in [4.69, 9.17) is 28.9 Å². The summed E-state index contributed by atoms with van der Waals surface area (Å²) in [6, 6.07) is 1.55. The van der Waals surface area contributed by atoms with E-state index in [1.54, 1.807) is 6.07 Å². The van der Waals surface area contributed by atoms with Crippen LogP contribution in [-0.4, -0.2) is 11.1 Å². The Bertz CT molecular complexity index is 395. The Balaban J connectivity index is 3.44. The summed E-state index contributed by atoms with van der Waals surface area (Å²) in [6.07, 6.45) is 0. The first-order valence-corrected chi connectivity index (χ1v) is 6.18. The monoisotopic (exact) mass is 359 g/mol. The molecule has 0 saturated heterocycles. The average molecular weight is 362 g/mol. The lowest BCUT2D eigenvalue weighted by Crippen LogP contribution is -2.04. The number of anilines is 1. The molecule has 0 atom stereocenters. The standard InChI is InChI=1S/C8H5Br2Cl2NO/c9-2-5(14)6-4(11)1-3(10)8(13)7(6)12/h1H,2,13H2. The molecule has 0 fully saturated rings. The van der Waals surface area contributed by atoms with Gasteiger partial charge in [0.2, 0.25) is 0 Å². The minimum atomic E-state index is -0.195. The Hall–Kier alpha value is 0.230. The van der Waals surface area contributed by atoms with Crippen molar-refractivity contribution in [1.82, 2.24) is 0 Å². The molecule has 2 nitrogen and oxygen atoms in total. The number of ketones is 1. The summed E-state index contributed by atoms with van der Waals surface area (Å²) in [4.78, 5) is 11.4. The van der Waals surface area contributed by atoms with Crippen molar-refractivity contribution in [3.05, 3.63) is 26.1 Å². The number of nitrogens with two attached hydrogens (primary N) is 1. The summed E-state index contributed by atoms with van der Waals surface area (Å²) in [6.45, 7) is 0. The molecule has 1 aromatic carbocycles. The number of halogens is 4. The quantitative estimate of drug-likeness (QED) is 0.493. The van der Waals surface area contributed by atoms with Crippen molar-refractivity contribution in [2.24, 2.45) is 0 Å².